The van der Waals surface area contributed by atoms with Crippen LogP contribution in [0.5, 0.6) is 0 Å². The smallest absolute Gasteiger partial charge is 0.226 e. The number of anilines is 1. The van der Waals surface area contributed by atoms with Crippen molar-refractivity contribution in [1.29, 1.82) is 0 Å². The minimum Gasteiger partial charge on any atom is -0.300 e. The largest absolute Gasteiger partial charge is 0.300 e. The van der Waals surface area contributed by atoms with Crippen LogP contribution in [0.25, 0.3) is 0 Å². The van der Waals surface area contributed by atoms with Crippen molar-refractivity contribution in [3.63, 3.8) is 0 Å². The summed E-state index contributed by atoms with van der Waals surface area (Å²) >= 11 is 5.89. The second-order valence-electron chi connectivity index (χ2n) is 5.07. The van der Waals surface area contributed by atoms with E-state index in [0.29, 0.717) is 37.6 Å². The number of nitrogens with zero attached hydrogens (tertiary/aromatic N) is 2. The summed E-state index contributed by atoms with van der Waals surface area (Å²) < 4.78 is 15.0. The predicted molar refractivity (Wildman–Crippen MR) is 89.5 cm³/mol. The Bertz CT molecular complexity index is 690. The molecule has 8 heteroatoms. The molecular weight excluding hydrogens is 389 g/mol. The van der Waals surface area contributed by atoms with E-state index >= 15 is 0 Å². The first-order chi connectivity index (χ1) is 10.6. The van der Waals surface area contributed by atoms with Crippen LogP contribution in [0.3, 0.4) is 0 Å². The number of thioether (sulfide) groups is 1. The summed E-state index contributed by atoms with van der Waals surface area (Å²) in [6, 6.07) is 5.21. The van der Waals surface area contributed by atoms with Crippen molar-refractivity contribution in [3.8, 4) is 0 Å². The van der Waals surface area contributed by atoms with Gasteiger partial charge in [-0.1, -0.05) is 35.2 Å². The number of benzene rings is 1. The number of aromatic nitrogens is 2. The van der Waals surface area contributed by atoms with Crippen LogP contribution in [0.15, 0.2) is 27.0 Å². The Morgan fingerprint density at radius 2 is 2.27 bits per heavy atom. The van der Waals surface area contributed by atoms with E-state index in [-0.39, 0.29) is 11.7 Å². The topological polar surface area (TPSA) is 54.9 Å². The summed E-state index contributed by atoms with van der Waals surface area (Å²) in [7, 11) is 0. The molecule has 1 aliphatic carbocycles. The first kappa shape index (κ1) is 15.9. The Labute approximate surface area is 144 Å². The summed E-state index contributed by atoms with van der Waals surface area (Å²) in [4.78, 5) is 11.7. The van der Waals surface area contributed by atoms with Gasteiger partial charge in [0.25, 0.3) is 0 Å². The van der Waals surface area contributed by atoms with Gasteiger partial charge >= 0.3 is 0 Å². The molecule has 2 aromatic rings. The highest BCUT2D eigenvalue weighted by molar-refractivity contribution is 9.10. The molecule has 1 saturated carbocycles. The van der Waals surface area contributed by atoms with E-state index in [1.807, 2.05) is 0 Å². The van der Waals surface area contributed by atoms with Crippen molar-refractivity contribution in [2.45, 2.75) is 29.4 Å². The normalized spacial score (nSPS) is 14.1. The maximum atomic E-state index is 13.9. The fourth-order valence-corrected chi connectivity index (χ4v) is 4.02. The third-order valence-corrected chi connectivity index (χ3v) is 5.84. The number of hydrogen-bond acceptors (Lipinski definition) is 5. The van der Waals surface area contributed by atoms with E-state index in [1.165, 1.54) is 23.1 Å². The number of halogens is 2. The molecule has 0 radical (unpaired) electrons. The van der Waals surface area contributed by atoms with Gasteiger partial charge in [0, 0.05) is 12.2 Å². The van der Waals surface area contributed by atoms with Gasteiger partial charge < -0.3 is 5.32 Å². The standard InChI is InChI=1S/C14H13BrFN3OS2/c15-10-3-1-2-9(12(10)16)7-21-14-19-18-13(22-14)17-11(20)6-8-4-5-8/h1-3,8H,4-7H2,(H,17,18,20). The van der Waals surface area contributed by atoms with Crippen LogP contribution in [0.2, 0.25) is 0 Å². The van der Waals surface area contributed by atoms with Gasteiger partial charge in [0.05, 0.1) is 4.47 Å². The number of carbonyl (C=O) groups excluding carboxylic acids is 1. The zero-order valence-electron chi connectivity index (χ0n) is 11.5. The van der Waals surface area contributed by atoms with Crippen LogP contribution in [-0.2, 0) is 10.5 Å². The molecule has 0 aliphatic heterocycles. The molecule has 1 amide bonds. The SMILES string of the molecule is O=C(CC1CC1)Nc1nnc(SCc2cccc(Br)c2F)s1. The molecule has 1 aromatic carbocycles. The maximum absolute atomic E-state index is 13.9. The van der Waals surface area contributed by atoms with Gasteiger partial charge in [-0.25, -0.2) is 4.39 Å². The lowest BCUT2D eigenvalue weighted by molar-refractivity contribution is -0.116. The van der Waals surface area contributed by atoms with Gasteiger partial charge in [-0.05, 0) is 46.3 Å². The average molecular weight is 402 g/mol. The fraction of sp³-hybridized carbons (Fsp3) is 0.357. The van der Waals surface area contributed by atoms with Gasteiger partial charge in [0.1, 0.15) is 5.82 Å². The predicted octanol–water partition coefficient (Wildman–Crippen LogP) is 4.47. The lowest BCUT2D eigenvalue weighted by atomic mass is 10.2. The van der Waals surface area contributed by atoms with E-state index in [1.54, 1.807) is 18.2 Å². The van der Waals surface area contributed by atoms with Crippen molar-refractivity contribution in [2.75, 3.05) is 5.32 Å². The van der Waals surface area contributed by atoms with E-state index in [2.05, 4.69) is 31.4 Å². The average Bonchev–Trinajstić information content (AvgIpc) is 3.18. The Morgan fingerprint density at radius 3 is 3.05 bits per heavy atom. The first-order valence-electron chi connectivity index (χ1n) is 6.81. The summed E-state index contributed by atoms with van der Waals surface area (Å²) in [6.45, 7) is 0. The van der Waals surface area contributed by atoms with Crippen LogP contribution in [-0.4, -0.2) is 16.1 Å². The summed E-state index contributed by atoms with van der Waals surface area (Å²) in [6.07, 6.45) is 2.84. The van der Waals surface area contributed by atoms with Crippen molar-refractivity contribution >= 4 is 50.1 Å². The zero-order chi connectivity index (χ0) is 15.5. The minimum absolute atomic E-state index is 0.00626. The van der Waals surface area contributed by atoms with E-state index in [4.69, 9.17) is 0 Å². The molecule has 0 saturated heterocycles. The Balaban J connectivity index is 1.54. The molecule has 0 spiro atoms. The molecule has 1 heterocycles. The number of hydrogen-bond donors (Lipinski definition) is 1. The fourth-order valence-electron chi connectivity index (χ4n) is 1.87. The number of nitrogens with one attached hydrogen (secondary N) is 1. The van der Waals surface area contributed by atoms with Crippen molar-refractivity contribution in [1.82, 2.24) is 10.2 Å². The third-order valence-electron chi connectivity index (χ3n) is 3.21. The maximum Gasteiger partial charge on any atom is 0.226 e. The van der Waals surface area contributed by atoms with Crippen molar-refractivity contribution in [2.24, 2.45) is 5.92 Å². The Kier molecular flexibility index (Phi) is 5.10. The van der Waals surface area contributed by atoms with Gasteiger partial charge in [-0.2, -0.15) is 0 Å². The molecular formula is C14H13BrFN3OS2. The van der Waals surface area contributed by atoms with Gasteiger partial charge in [0.15, 0.2) is 4.34 Å². The van der Waals surface area contributed by atoms with Gasteiger partial charge in [-0.3, -0.25) is 4.79 Å². The van der Waals surface area contributed by atoms with Gasteiger partial charge in [0.2, 0.25) is 11.0 Å². The van der Waals surface area contributed by atoms with Crippen LogP contribution >= 0.6 is 39.0 Å². The number of carbonyl (C=O) groups is 1. The summed E-state index contributed by atoms with van der Waals surface area (Å²) in [5, 5.41) is 11.2. The van der Waals surface area contributed by atoms with E-state index in [9.17, 15) is 9.18 Å². The quantitative estimate of drug-likeness (QED) is 0.572. The monoisotopic (exact) mass is 401 g/mol. The minimum atomic E-state index is -0.252. The Morgan fingerprint density at radius 1 is 1.45 bits per heavy atom. The molecule has 1 fully saturated rings. The second kappa shape index (κ2) is 7.06. The molecule has 3 rings (SSSR count). The highest BCUT2D eigenvalue weighted by atomic mass is 79.9. The van der Waals surface area contributed by atoms with Crippen LogP contribution < -0.4 is 5.32 Å². The van der Waals surface area contributed by atoms with E-state index in [0.717, 1.165) is 12.8 Å². The van der Waals surface area contributed by atoms with Gasteiger partial charge in [-0.15, -0.1) is 10.2 Å². The first-order valence-corrected chi connectivity index (χ1v) is 9.40. The van der Waals surface area contributed by atoms with Crippen molar-refractivity contribution in [3.05, 3.63) is 34.1 Å². The molecule has 0 atom stereocenters. The molecule has 0 unspecified atom stereocenters. The number of rotatable bonds is 6. The summed E-state index contributed by atoms with van der Waals surface area (Å²) in [5.74, 6) is 0.752. The highest BCUT2D eigenvalue weighted by Crippen LogP contribution is 2.33. The van der Waals surface area contributed by atoms with E-state index < -0.39 is 0 Å². The highest BCUT2D eigenvalue weighted by Gasteiger charge is 2.24. The molecule has 0 bridgehead atoms. The molecule has 1 aromatic heterocycles. The second-order valence-corrected chi connectivity index (χ2v) is 8.12. The molecule has 22 heavy (non-hydrogen) atoms. The summed E-state index contributed by atoms with van der Waals surface area (Å²) in [5.41, 5.74) is 0.605. The third kappa shape index (κ3) is 4.27. The lowest BCUT2D eigenvalue weighted by Gasteiger charge is -2.02. The molecule has 116 valence electrons. The van der Waals surface area contributed by atoms with Crippen molar-refractivity contribution < 1.29 is 9.18 Å². The van der Waals surface area contributed by atoms with Crippen LogP contribution in [0.1, 0.15) is 24.8 Å². The zero-order valence-corrected chi connectivity index (χ0v) is 14.7. The van der Waals surface area contributed by atoms with Crippen LogP contribution in [0.4, 0.5) is 9.52 Å². The molecule has 1 N–H and O–H groups in total. The Hall–Kier alpha value is -0.990. The lowest BCUT2D eigenvalue weighted by Crippen LogP contribution is -2.11. The molecule has 1 aliphatic rings. The molecule has 4 nitrogen and oxygen atoms in total. The van der Waals surface area contributed by atoms with Crippen LogP contribution in [0, 0.1) is 11.7 Å². The number of amides is 1.